The molecule has 0 aromatic heterocycles. The average molecular weight is 220 g/mol. The summed E-state index contributed by atoms with van der Waals surface area (Å²) >= 11 is 0. The molecular formula is C9H11FO3S. The van der Waals surface area contributed by atoms with Crippen molar-refractivity contribution in [1.29, 1.82) is 0 Å². The number of hydrogen-bond acceptors (Lipinski definition) is 3. The Morgan fingerprint density at radius 1 is 1.43 bits per heavy atom. The van der Waals surface area contributed by atoms with Gasteiger partial charge in [-0.15, -0.1) is 0 Å². The van der Waals surface area contributed by atoms with Gasteiger partial charge in [0, 0.05) is 0 Å². The number of rotatable bonds is 4. The number of benzene rings is 1. The molecule has 0 radical (unpaired) electrons. The highest BCUT2D eigenvalue weighted by atomic mass is 32.2. The molecule has 5 heteroatoms. The molecule has 0 saturated carbocycles. The first kappa shape index (κ1) is 8.38. The molecule has 0 N–H and O–H groups in total. The summed E-state index contributed by atoms with van der Waals surface area (Å²) in [4.78, 5) is -0.156. The Balaban J connectivity index is 2.90. The molecule has 0 aliphatic carbocycles. The highest BCUT2D eigenvalue weighted by Crippen LogP contribution is 2.12. The maximum Gasteiger partial charge on any atom is 0.297 e. The maximum atomic E-state index is 12.3. The predicted octanol–water partition coefficient (Wildman–Crippen LogP) is 1.67. The minimum atomic E-state index is -4.17. The third-order valence-electron chi connectivity index (χ3n) is 1.54. The Kier molecular flexibility index (Phi) is 2.71. The Hall–Kier alpha value is -0.940. The second-order valence-corrected chi connectivity index (χ2v) is 4.20. The zero-order valence-corrected chi connectivity index (χ0v) is 8.29. The number of aryl methyl sites for hydroxylation is 1. The van der Waals surface area contributed by atoms with Gasteiger partial charge in [0.15, 0.2) is 0 Å². The second kappa shape index (κ2) is 4.52. The topological polar surface area (TPSA) is 43.4 Å². The fraction of sp³-hybridized carbons (Fsp3) is 0.333. The van der Waals surface area contributed by atoms with Crippen LogP contribution in [-0.4, -0.2) is 21.7 Å². The molecule has 0 heterocycles. The summed E-state index contributed by atoms with van der Waals surface area (Å²) in [6, 6.07) is 5.72. The number of halogens is 1. The van der Waals surface area contributed by atoms with E-state index >= 15 is 0 Å². The predicted molar refractivity (Wildman–Crippen MR) is 50.3 cm³/mol. The lowest BCUT2D eigenvalue weighted by Crippen LogP contribution is -2.08. The Labute approximate surface area is 85.4 Å². The first-order valence-electron chi connectivity index (χ1n) is 4.97. The van der Waals surface area contributed by atoms with Crippen LogP contribution in [0.2, 0.25) is 0 Å². The van der Waals surface area contributed by atoms with E-state index in [1.54, 1.807) is 19.1 Å². The molecule has 3 nitrogen and oxygen atoms in total. The van der Waals surface area contributed by atoms with Crippen molar-refractivity contribution in [2.75, 3.05) is 13.2 Å². The normalized spacial score (nSPS) is 18.1. The van der Waals surface area contributed by atoms with Crippen molar-refractivity contribution in [3.8, 4) is 0 Å². The van der Waals surface area contributed by atoms with Gasteiger partial charge in [0.2, 0.25) is 0 Å². The maximum absolute atomic E-state index is 12.3. The van der Waals surface area contributed by atoms with Gasteiger partial charge < -0.3 is 0 Å². The van der Waals surface area contributed by atoms with E-state index in [0.717, 1.165) is 5.56 Å². The van der Waals surface area contributed by atoms with Crippen molar-refractivity contribution in [2.45, 2.75) is 11.8 Å². The largest absolute Gasteiger partial charge is 0.297 e. The molecule has 1 aromatic carbocycles. The summed E-state index contributed by atoms with van der Waals surface area (Å²) in [7, 11) is -4.17. The van der Waals surface area contributed by atoms with Crippen molar-refractivity contribution in [1.82, 2.24) is 0 Å². The van der Waals surface area contributed by atoms with Crippen molar-refractivity contribution < 1.29 is 19.7 Å². The molecule has 0 spiro atoms. The quantitative estimate of drug-likeness (QED) is 0.725. The van der Waals surface area contributed by atoms with Gasteiger partial charge in [0.05, 0.1) is 14.2 Å². The van der Waals surface area contributed by atoms with Crippen molar-refractivity contribution in [2.24, 2.45) is 0 Å². The standard InChI is InChI=1S/C9H11FO3S/c1-8-2-4-9(5-3-8)14(11,12)13-7-6-10/h2-5H,6-7H2,1H3/i6D,7D. The fourth-order valence-electron chi connectivity index (χ4n) is 0.855. The molecule has 1 aromatic rings. The van der Waals surface area contributed by atoms with Crippen LogP contribution in [0.4, 0.5) is 4.39 Å². The van der Waals surface area contributed by atoms with Gasteiger partial charge >= 0.3 is 0 Å². The van der Waals surface area contributed by atoms with Crippen LogP contribution in [0.5, 0.6) is 0 Å². The molecule has 0 saturated heterocycles. The summed E-state index contributed by atoms with van der Waals surface area (Å²) in [5.41, 5.74) is 0.866. The van der Waals surface area contributed by atoms with Crippen LogP contribution in [-0.2, 0) is 14.3 Å². The van der Waals surface area contributed by atoms with E-state index in [-0.39, 0.29) is 4.90 Å². The van der Waals surface area contributed by atoms with E-state index in [0.29, 0.717) is 0 Å². The summed E-state index contributed by atoms with van der Waals surface area (Å²) in [6.07, 6.45) is 0. The van der Waals surface area contributed by atoms with Crippen LogP contribution in [0.3, 0.4) is 0 Å². The van der Waals surface area contributed by atoms with E-state index < -0.39 is 23.4 Å². The van der Waals surface area contributed by atoms with Crippen LogP contribution in [0.15, 0.2) is 29.2 Å². The van der Waals surface area contributed by atoms with Gasteiger partial charge in [-0.05, 0) is 19.1 Å². The van der Waals surface area contributed by atoms with E-state index in [1.165, 1.54) is 12.1 Å². The molecule has 0 amide bonds. The first-order chi connectivity index (χ1) is 7.33. The van der Waals surface area contributed by atoms with Gasteiger partial charge in [-0.3, -0.25) is 4.18 Å². The van der Waals surface area contributed by atoms with Crippen molar-refractivity contribution in [3.63, 3.8) is 0 Å². The molecule has 2 atom stereocenters. The first-order valence-corrected chi connectivity index (χ1v) is 5.22. The molecule has 0 bridgehead atoms. The third kappa shape index (κ3) is 2.78. The number of hydrogen-bond donors (Lipinski definition) is 0. The van der Waals surface area contributed by atoms with Crippen molar-refractivity contribution >= 4 is 10.1 Å². The van der Waals surface area contributed by atoms with Crippen molar-refractivity contribution in [3.05, 3.63) is 29.8 Å². The fourth-order valence-corrected chi connectivity index (χ4v) is 1.62. The molecule has 1 rings (SSSR count). The minimum Gasteiger partial charge on any atom is -0.264 e. The zero-order chi connectivity index (χ0) is 12.3. The van der Waals surface area contributed by atoms with Crippen LogP contribution >= 0.6 is 0 Å². The molecule has 2 unspecified atom stereocenters. The van der Waals surface area contributed by atoms with Gasteiger partial charge in [-0.2, -0.15) is 8.42 Å². The van der Waals surface area contributed by atoms with Crippen LogP contribution in [0.1, 0.15) is 8.30 Å². The lowest BCUT2D eigenvalue weighted by Gasteiger charge is -2.03. The Morgan fingerprint density at radius 3 is 2.50 bits per heavy atom. The summed E-state index contributed by atoms with van der Waals surface area (Å²) in [6.45, 7) is -2.70. The van der Waals surface area contributed by atoms with Gasteiger partial charge in [-0.25, -0.2) is 4.39 Å². The highest BCUT2D eigenvalue weighted by molar-refractivity contribution is 7.86. The zero-order valence-electron chi connectivity index (χ0n) is 9.48. The molecule has 0 aliphatic rings. The van der Waals surface area contributed by atoms with E-state index in [9.17, 15) is 12.8 Å². The molecule has 78 valence electrons. The Bertz CT molecular complexity index is 444. The van der Waals surface area contributed by atoms with Gasteiger partial charge in [-0.1, -0.05) is 17.7 Å². The summed E-state index contributed by atoms with van der Waals surface area (Å²) in [5, 5.41) is 0. The van der Waals surface area contributed by atoms with Gasteiger partial charge in [0.25, 0.3) is 10.1 Å². The number of alkyl halides is 1. The monoisotopic (exact) mass is 220 g/mol. The lowest BCUT2D eigenvalue weighted by molar-refractivity contribution is 0.277. The Morgan fingerprint density at radius 2 is 2.00 bits per heavy atom. The SMILES string of the molecule is [2H]C(F)C([2H])OS(=O)(=O)c1ccc(C)cc1. The van der Waals surface area contributed by atoms with Crippen LogP contribution < -0.4 is 0 Å². The smallest absolute Gasteiger partial charge is 0.264 e. The second-order valence-electron chi connectivity index (χ2n) is 2.63. The minimum absolute atomic E-state index is 0.156. The summed E-state index contributed by atoms with van der Waals surface area (Å²) in [5.74, 6) is 0. The van der Waals surface area contributed by atoms with E-state index in [1.807, 2.05) is 0 Å². The third-order valence-corrected chi connectivity index (χ3v) is 2.76. The molecule has 0 fully saturated rings. The summed E-state index contributed by atoms with van der Waals surface area (Å²) < 4.78 is 52.9. The molecular weight excluding hydrogens is 207 g/mol. The van der Waals surface area contributed by atoms with Gasteiger partial charge in [0.1, 0.15) is 6.65 Å². The van der Waals surface area contributed by atoms with E-state index in [2.05, 4.69) is 4.18 Å². The molecule has 14 heavy (non-hydrogen) atoms. The van der Waals surface area contributed by atoms with Crippen LogP contribution in [0.25, 0.3) is 0 Å². The highest BCUT2D eigenvalue weighted by Gasteiger charge is 2.13. The molecule has 0 aliphatic heterocycles. The van der Waals surface area contributed by atoms with E-state index in [4.69, 9.17) is 2.74 Å². The van der Waals surface area contributed by atoms with Crippen LogP contribution in [0, 0.1) is 6.92 Å². The average Bonchev–Trinajstić information content (AvgIpc) is 2.17. The lowest BCUT2D eigenvalue weighted by atomic mass is 10.2.